The Morgan fingerprint density at radius 2 is 1.65 bits per heavy atom. The van der Waals surface area contributed by atoms with Crippen molar-refractivity contribution in [1.29, 1.82) is 5.26 Å². The molecular formula is C25H22N2O4. The highest BCUT2D eigenvalue weighted by molar-refractivity contribution is 5.93. The Labute approximate surface area is 181 Å². The number of amides is 1. The zero-order chi connectivity index (χ0) is 22.1. The summed E-state index contributed by atoms with van der Waals surface area (Å²) in [5, 5.41) is 11.6. The zero-order valence-corrected chi connectivity index (χ0v) is 17.1. The van der Waals surface area contributed by atoms with Gasteiger partial charge in [0.15, 0.2) is 12.7 Å². The van der Waals surface area contributed by atoms with E-state index < -0.39 is 24.6 Å². The summed E-state index contributed by atoms with van der Waals surface area (Å²) in [6.07, 6.45) is -0.224. The van der Waals surface area contributed by atoms with Crippen LogP contribution in [0, 0.1) is 11.3 Å². The van der Waals surface area contributed by atoms with E-state index in [-0.39, 0.29) is 0 Å². The number of ether oxygens (including phenoxy) is 2. The van der Waals surface area contributed by atoms with Gasteiger partial charge in [0.2, 0.25) is 0 Å². The Morgan fingerprint density at radius 3 is 2.35 bits per heavy atom. The van der Waals surface area contributed by atoms with Crippen LogP contribution < -0.4 is 10.1 Å². The van der Waals surface area contributed by atoms with Crippen LogP contribution in [0.15, 0.2) is 78.9 Å². The summed E-state index contributed by atoms with van der Waals surface area (Å²) >= 11 is 0. The summed E-state index contributed by atoms with van der Waals surface area (Å²) in [5.74, 6) is -0.653. The van der Waals surface area contributed by atoms with Crippen molar-refractivity contribution in [3.8, 4) is 11.8 Å². The molecule has 0 heterocycles. The van der Waals surface area contributed by atoms with E-state index in [9.17, 15) is 9.59 Å². The number of carbonyl (C=O) groups excluding carboxylic acids is 2. The Bertz CT molecular complexity index is 1070. The maximum absolute atomic E-state index is 12.3. The molecule has 6 heteroatoms. The van der Waals surface area contributed by atoms with Crippen molar-refractivity contribution < 1.29 is 19.1 Å². The van der Waals surface area contributed by atoms with Crippen molar-refractivity contribution in [2.75, 3.05) is 11.9 Å². The summed E-state index contributed by atoms with van der Waals surface area (Å²) in [5.41, 5.74) is 3.26. The number of anilines is 1. The lowest BCUT2D eigenvalue weighted by Gasteiger charge is -2.15. The van der Waals surface area contributed by atoms with Crippen LogP contribution in [0.25, 0.3) is 0 Å². The molecule has 156 valence electrons. The molecule has 0 saturated carbocycles. The summed E-state index contributed by atoms with van der Waals surface area (Å²) in [7, 11) is 0. The lowest BCUT2D eigenvalue weighted by molar-refractivity contribution is -0.153. The number of esters is 1. The predicted molar refractivity (Wildman–Crippen MR) is 117 cm³/mol. The van der Waals surface area contributed by atoms with Crippen LogP contribution in [-0.4, -0.2) is 24.6 Å². The lowest BCUT2D eigenvalue weighted by Crippen LogP contribution is -2.29. The molecule has 1 amide bonds. The molecule has 1 atom stereocenters. The van der Waals surface area contributed by atoms with Gasteiger partial charge < -0.3 is 14.8 Å². The number of para-hydroxylation sites is 1. The van der Waals surface area contributed by atoms with Crippen LogP contribution in [-0.2, 0) is 20.7 Å². The van der Waals surface area contributed by atoms with E-state index >= 15 is 0 Å². The molecule has 1 unspecified atom stereocenters. The standard InChI is InChI=1S/C25H22N2O4/c1-18(31-22-13-11-20(16-26)12-14-22)25(29)30-17-24(28)27-23-10-6-5-9-21(23)15-19-7-3-2-4-8-19/h2-14,18H,15,17H2,1H3,(H,27,28). The van der Waals surface area contributed by atoms with Gasteiger partial charge in [-0.05, 0) is 54.8 Å². The third-order valence-electron chi connectivity index (χ3n) is 4.50. The highest BCUT2D eigenvalue weighted by atomic mass is 16.6. The Kier molecular flexibility index (Phi) is 7.39. The highest BCUT2D eigenvalue weighted by Gasteiger charge is 2.18. The fourth-order valence-corrected chi connectivity index (χ4v) is 2.91. The number of nitriles is 1. The summed E-state index contributed by atoms with van der Waals surface area (Å²) in [6, 6.07) is 25.8. The molecular weight excluding hydrogens is 392 g/mol. The molecule has 0 spiro atoms. The molecule has 0 saturated heterocycles. The van der Waals surface area contributed by atoms with Crippen molar-refractivity contribution in [2.45, 2.75) is 19.4 Å². The van der Waals surface area contributed by atoms with Crippen molar-refractivity contribution >= 4 is 17.6 Å². The second-order valence-corrected chi connectivity index (χ2v) is 6.87. The molecule has 3 aromatic carbocycles. The molecule has 6 nitrogen and oxygen atoms in total. The number of hydrogen-bond donors (Lipinski definition) is 1. The number of benzene rings is 3. The minimum atomic E-state index is -0.897. The average molecular weight is 414 g/mol. The van der Waals surface area contributed by atoms with E-state index in [0.29, 0.717) is 23.4 Å². The molecule has 0 radical (unpaired) electrons. The maximum Gasteiger partial charge on any atom is 0.347 e. The normalized spacial score (nSPS) is 11.1. The van der Waals surface area contributed by atoms with Gasteiger partial charge in [-0.1, -0.05) is 48.5 Å². The lowest BCUT2D eigenvalue weighted by atomic mass is 10.0. The van der Waals surface area contributed by atoms with Gasteiger partial charge in [0.1, 0.15) is 5.75 Å². The first kappa shape index (κ1) is 21.6. The quantitative estimate of drug-likeness (QED) is 0.561. The van der Waals surface area contributed by atoms with Crippen LogP contribution in [0.4, 0.5) is 5.69 Å². The minimum Gasteiger partial charge on any atom is -0.479 e. The Morgan fingerprint density at radius 1 is 0.968 bits per heavy atom. The predicted octanol–water partition coefficient (Wildman–Crippen LogP) is 4.10. The third kappa shape index (κ3) is 6.44. The monoisotopic (exact) mass is 414 g/mol. The largest absolute Gasteiger partial charge is 0.479 e. The number of nitrogens with zero attached hydrogens (tertiary/aromatic N) is 1. The van der Waals surface area contributed by atoms with E-state index in [1.165, 1.54) is 6.92 Å². The van der Waals surface area contributed by atoms with E-state index in [4.69, 9.17) is 14.7 Å². The van der Waals surface area contributed by atoms with Gasteiger partial charge >= 0.3 is 5.97 Å². The molecule has 1 N–H and O–H groups in total. The fourth-order valence-electron chi connectivity index (χ4n) is 2.91. The van der Waals surface area contributed by atoms with Gasteiger partial charge in [0.05, 0.1) is 11.6 Å². The highest BCUT2D eigenvalue weighted by Crippen LogP contribution is 2.19. The van der Waals surface area contributed by atoms with Gasteiger partial charge in [0.25, 0.3) is 5.91 Å². The average Bonchev–Trinajstić information content (AvgIpc) is 2.80. The molecule has 0 fully saturated rings. The van der Waals surface area contributed by atoms with Crippen molar-refractivity contribution in [3.63, 3.8) is 0 Å². The number of hydrogen-bond acceptors (Lipinski definition) is 5. The summed E-state index contributed by atoms with van der Waals surface area (Å²) < 4.78 is 10.6. The van der Waals surface area contributed by atoms with Gasteiger partial charge in [-0.15, -0.1) is 0 Å². The van der Waals surface area contributed by atoms with Crippen molar-refractivity contribution in [2.24, 2.45) is 0 Å². The molecule has 31 heavy (non-hydrogen) atoms. The van der Waals surface area contributed by atoms with Crippen molar-refractivity contribution in [1.82, 2.24) is 0 Å². The van der Waals surface area contributed by atoms with Crippen LogP contribution in [0.3, 0.4) is 0 Å². The summed E-state index contributed by atoms with van der Waals surface area (Å²) in [4.78, 5) is 24.5. The van der Waals surface area contributed by atoms with Crippen LogP contribution in [0.1, 0.15) is 23.6 Å². The first-order chi connectivity index (χ1) is 15.0. The number of carbonyl (C=O) groups is 2. The fraction of sp³-hybridized carbons (Fsp3) is 0.160. The Balaban J connectivity index is 1.51. The molecule has 0 aliphatic heterocycles. The van der Waals surface area contributed by atoms with E-state index in [2.05, 4.69) is 5.32 Å². The van der Waals surface area contributed by atoms with Crippen LogP contribution in [0.2, 0.25) is 0 Å². The second-order valence-electron chi connectivity index (χ2n) is 6.87. The number of nitrogens with one attached hydrogen (secondary N) is 1. The van der Waals surface area contributed by atoms with E-state index in [1.807, 2.05) is 60.7 Å². The van der Waals surface area contributed by atoms with E-state index in [0.717, 1.165) is 11.1 Å². The maximum atomic E-state index is 12.3. The van der Waals surface area contributed by atoms with Crippen molar-refractivity contribution in [3.05, 3.63) is 95.6 Å². The van der Waals surface area contributed by atoms with Gasteiger partial charge in [-0.2, -0.15) is 5.26 Å². The SMILES string of the molecule is CC(Oc1ccc(C#N)cc1)C(=O)OCC(=O)Nc1ccccc1Cc1ccccc1. The van der Waals surface area contributed by atoms with E-state index in [1.54, 1.807) is 24.3 Å². The molecule has 0 aliphatic carbocycles. The topological polar surface area (TPSA) is 88.4 Å². The molecule has 3 rings (SSSR count). The number of rotatable bonds is 8. The minimum absolute atomic E-state index is 0.417. The Hall–Kier alpha value is -4.11. The first-order valence-electron chi connectivity index (χ1n) is 9.80. The smallest absolute Gasteiger partial charge is 0.347 e. The zero-order valence-electron chi connectivity index (χ0n) is 17.1. The molecule has 0 aromatic heterocycles. The summed E-state index contributed by atoms with van der Waals surface area (Å²) in [6.45, 7) is 1.12. The third-order valence-corrected chi connectivity index (χ3v) is 4.50. The first-order valence-corrected chi connectivity index (χ1v) is 9.80. The molecule has 3 aromatic rings. The van der Waals surface area contributed by atoms with Gasteiger partial charge in [-0.3, -0.25) is 4.79 Å². The molecule has 0 aliphatic rings. The van der Waals surface area contributed by atoms with Gasteiger partial charge in [-0.25, -0.2) is 4.79 Å². The second kappa shape index (κ2) is 10.6. The molecule has 0 bridgehead atoms. The van der Waals surface area contributed by atoms with Crippen LogP contribution in [0.5, 0.6) is 5.75 Å². The van der Waals surface area contributed by atoms with Gasteiger partial charge in [0, 0.05) is 5.69 Å². The van der Waals surface area contributed by atoms with Crippen LogP contribution >= 0.6 is 0 Å².